The molecule has 2 aromatic carbocycles. The lowest BCUT2D eigenvalue weighted by atomic mass is 10.0. The summed E-state index contributed by atoms with van der Waals surface area (Å²) in [6.07, 6.45) is 0. The number of hydrogen-bond acceptors (Lipinski definition) is 1. The van der Waals surface area contributed by atoms with Crippen molar-refractivity contribution in [3.8, 4) is 11.1 Å². The number of aryl methyl sites for hydroxylation is 2. The Morgan fingerprint density at radius 1 is 0.714 bits per heavy atom. The molecule has 0 aliphatic heterocycles. The first kappa shape index (κ1) is 13.5. The monoisotopic (exact) mass is 276 g/mol. The third-order valence-corrected chi connectivity index (χ3v) is 3.77. The van der Waals surface area contributed by atoms with Gasteiger partial charge in [-0.3, -0.25) is 4.68 Å². The van der Waals surface area contributed by atoms with Crippen molar-refractivity contribution in [2.45, 2.75) is 20.4 Å². The highest BCUT2D eigenvalue weighted by Crippen LogP contribution is 2.19. The number of benzene rings is 2. The minimum Gasteiger partial charge on any atom is -0.322 e. The molecule has 3 aromatic rings. The van der Waals surface area contributed by atoms with Gasteiger partial charge in [-0.05, 0) is 42.7 Å². The third kappa shape index (κ3) is 3.00. The van der Waals surface area contributed by atoms with Crippen molar-refractivity contribution in [2.75, 3.05) is 5.43 Å². The number of rotatable bonds is 4. The Morgan fingerprint density at radius 3 is 1.90 bits per heavy atom. The van der Waals surface area contributed by atoms with Gasteiger partial charge < -0.3 is 5.43 Å². The lowest BCUT2D eigenvalue weighted by Crippen LogP contribution is -2.16. The zero-order valence-corrected chi connectivity index (χ0v) is 12.5. The van der Waals surface area contributed by atoms with Crippen LogP contribution < -0.4 is 5.43 Å². The quantitative estimate of drug-likeness (QED) is 0.741. The summed E-state index contributed by atoms with van der Waals surface area (Å²) in [6, 6.07) is 23.5. The second-order valence-corrected chi connectivity index (χ2v) is 5.35. The maximum absolute atomic E-state index is 3.45. The van der Waals surface area contributed by atoms with Crippen molar-refractivity contribution < 1.29 is 0 Å². The van der Waals surface area contributed by atoms with Crippen molar-refractivity contribution in [3.05, 3.63) is 83.7 Å². The van der Waals surface area contributed by atoms with Crippen molar-refractivity contribution >= 4 is 0 Å². The Labute approximate surface area is 126 Å². The Kier molecular flexibility index (Phi) is 3.78. The van der Waals surface area contributed by atoms with Gasteiger partial charge in [0.05, 0.1) is 6.54 Å². The van der Waals surface area contributed by atoms with E-state index in [1.54, 1.807) is 0 Å². The normalized spacial score (nSPS) is 10.6. The van der Waals surface area contributed by atoms with E-state index in [0.29, 0.717) is 0 Å². The summed E-state index contributed by atoms with van der Waals surface area (Å²) >= 11 is 0. The summed E-state index contributed by atoms with van der Waals surface area (Å²) in [5, 5.41) is 0. The van der Waals surface area contributed by atoms with Crippen molar-refractivity contribution in [1.82, 2.24) is 4.68 Å². The van der Waals surface area contributed by atoms with E-state index < -0.39 is 0 Å². The number of nitrogens with zero attached hydrogens (tertiary/aromatic N) is 1. The molecule has 0 spiro atoms. The molecule has 3 rings (SSSR count). The van der Waals surface area contributed by atoms with E-state index in [0.717, 1.165) is 6.54 Å². The van der Waals surface area contributed by atoms with Crippen LogP contribution in [0.25, 0.3) is 11.1 Å². The van der Waals surface area contributed by atoms with Crippen LogP contribution in [0.2, 0.25) is 0 Å². The second kappa shape index (κ2) is 5.88. The van der Waals surface area contributed by atoms with Gasteiger partial charge >= 0.3 is 0 Å². The summed E-state index contributed by atoms with van der Waals surface area (Å²) in [5.74, 6) is 0. The summed E-state index contributed by atoms with van der Waals surface area (Å²) in [7, 11) is 0. The molecule has 0 atom stereocenters. The minimum atomic E-state index is 0.825. The van der Waals surface area contributed by atoms with E-state index in [1.165, 1.54) is 28.1 Å². The maximum atomic E-state index is 3.45. The van der Waals surface area contributed by atoms with Gasteiger partial charge in [-0.25, -0.2) is 0 Å². The van der Waals surface area contributed by atoms with Crippen LogP contribution in [0.3, 0.4) is 0 Å². The lowest BCUT2D eigenvalue weighted by Gasteiger charge is -2.13. The summed E-state index contributed by atoms with van der Waals surface area (Å²) in [6.45, 7) is 5.04. The molecular formula is C19H20N2. The predicted molar refractivity (Wildman–Crippen MR) is 88.8 cm³/mol. The zero-order chi connectivity index (χ0) is 14.7. The average molecular weight is 276 g/mol. The van der Waals surface area contributed by atoms with Gasteiger partial charge in [0.15, 0.2) is 0 Å². The van der Waals surface area contributed by atoms with Gasteiger partial charge in [0.25, 0.3) is 0 Å². The van der Waals surface area contributed by atoms with Crippen LogP contribution >= 0.6 is 0 Å². The second-order valence-electron chi connectivity index (χ2n) is 5.35. The first-order valence-electron chi connectivity index (χ1n) is 7.27. The fourth-order valence-electron chi connectivity index (χ4n) is 2.53. The number of nitrogens with one attached hydrogen (secondary N) is 1. The maximum Gasteiger partial charge on any atom is 0.0564 e. The van der Waals surface area contributed by atoms with Crippen LogP contribution in [0.5, 0.6) is 0 Å². The van der Waals surface area contributed by atoms with E-state index in [2.05, 4.69) is 84.6 Å². The van der Waals surface area contributed by atoms with Crippen LogP contribution in [-0.4, -0.2) is 4.68 Å². The molecule has 106 valence electrons. The first-order chi connectivity index (χ1) is 10.2. The molecule has 0 aliphatic carbocycles. The van der Waals surface area contributed by atoms with Crippen LogP contribution in [0.4, 0.5) is 0 Å². The van der Waals surface area contributed by atoms with E-state index in [1.807, 2.05) is 6.07 Å². The highest BCUT2D eigenvalue weighted by atomic mass is 15.4. The molecule has 0 bridgehead atoms. The van der Waals surface area contributed by atoms with Gasteiger partial charge in [-0.15, -0.1) is 0 Å². The van der Waals surface area contributed by atoms with Crippen LogP contribution in [0, 0.1) is 13.8 Å². The fraction of sp³-hybridized carbons (Fsp3) is 0.158. The lowest BCUT2D eigenvalue weighted by molar-refractivity contribution is 0.792. The summed E-state index contributed by atoms with van der Waals surface area (Å²) in [5.41, 5.74) is 9.71. The Morgan fingerprint density at radius 2 is 1.29 bits per heavy atom. The van der Waals surface area contributed by atoms with E-state index >= 15 is 0 Å². The van der Waals surface area contributed by atoms with Crippen LogP contribution in [-0.2, 0) is 6.54 Å². The highest BCUT2D eigenvalue weighted by Gasteiger charge is 2.01. The fourth-order valence-corrected chi connectivity index (χ4v) is 2.53. The van der Waals surface area contributed by atoms with Gasteiger partial charge in [-0.2, -0.15) is 0 Å². The number of aromatic nitrogens is 1. The summed E-state index contributed by atoms with van der Waals surface area (Å²) in [4.78, 5) is 0. The topological polar surface area (TPSA) is 17.0 Å². The molecule has 0 fully saturated rings. The third-order valence-electron chi connectivity index (χ3n) is 3.77. The molecule has 1 heterocycles. The smallest absolute Gasteiger partial charge is 0.0564 e. The molecule has 1 N–H and O–H groups in total. The van der Waals surface area contributed by atoms with E-state index in [9.17, 15) is 0 Å². The Balaban J connectivity index is 1.71. The summed E-state index contributed by atoms with van der Waals surface area (Å²) < 4.78 is 2.13. The van der Waals surface area contributed by atoms with E-state index in [-0.39, 0.29) is 0 Å². The van der Waals surface area contributed by atoms with Gasteiger partial charge in [-0.1, -0.05) is 54.6 Å². The van der Waals surface area contributed by atoms with Gasteiger partial charge in [0.1, 0.15) is 0 Å². The number of hydrogen-bond donors (Lipinski definition) is 1. The van der Waals surface area contributed by atoms with Crippen molar-refractivity contribution in [2.24, 2.45) is 0 Å². The molecule has 0 saturated heterocycles. The van der Waals surface area contributed by atoms with Gasteiger partial charge in [0.2, 0.25) is 0 Å². The molecule has 0 radical (unpaired) electrons. The first-order valence-corrected chi connectivity index (χ1v) is 7.27. The molecule has 0 saturated carbocycles. The van der Waals surface area contributed by atoms with Crippen molar-refractivity contribution in [3.63, 3.8) is 0 Å². The molecule has 21 heavy (non-hydrogen) atoms. The minimum absolute atomic E-state index is 0.825. The standard InChI is InChI=1S/C19H20N2/c1-15-8-9-16(2)21(15)20-14-17-10-12-19(13-11-17)18-6-4-3-5-7-18/h3-13,20H,14H2,1-2H3. The molecular weight excluding hydrogens is 256 g/mol. The van der Waals surface area contributed by atoms with Crippen LogP contribution in [0.15, 0.2) is 66.7 Å². The molecule has 2 heteroatoms. The van der Waals surface area contributed by atoms with E-state index in [4.69, 9.17) is 0 Å². The molecule has 2 nitrogen and oxygen atoms in total. The predicted octanol–water partition coefficient (Wildman–Crippen LogP) is 4.52. The Bertz CT molecular complexity index is 690. The molecule has 1 aromatic heterocycles. The van der Waals surface area contributed by atoms with Crippen molar-refractivity contribution in [1.29, 1.82) is 0 Å². The average Bonchev–Trinajstić information content (AvgIpc) is 2.85. The largest absolute Gasteiger partial charge is 0.322 e. The molecule has 0 aliphatic rings. The van der Waals surface area contributed by atoms with Gasteiger partial charge in [0, 0.05) is 11.4 Å². The molecule has 0 unspecified atom stereocenters. The van der Waals surface area contributed by atoms with Crippen LogP contribution in [0.1, 0.15) is 17.0 Å². The zero-order valence-electron chi connectivity index (χ0n) is 12.5. The highest BCUT2D eigenvalue weighted by molar-refractivity contribution is 5.63. The Hall–Kier alpha value is -2.48. The SMILES string of the molecule is Cc1ccc(C)n1NCc1ccc(-c2ccccc2)cc1. The molecule has 0 amide bonds.